The van der Waals surface area contributed by atoms with Crippen LogP contribution < -0.4 is 18.9 Å². The van der Waals surface area contributed by atoms with E-state index in [0.29, 0.717) is 0 Å². The van der Waals surface area contributed by atoms with Crippen LogP contribution in [0.25, 0.3) is 0 Å². The Hall–Kier alpha value is 2.03. The van der Waals surface area contributed by atoms with Crippen LogP contribution in [0.15, 0.2) is 0 Å². The van der Waals surface area contributed by atoms with E-state index in [2.05, 4.69) is 0 Å². The predicted molar refractivity (Wildman–Crippen MR) is 13.5 cm³/mol. The molecule has 2 radical (unpaired) electrons. The van der Waals surface area contributed by atoms with E-state index in [1.54, 1.807) is 0 Å². The molecule has 0 saturated heterocycles. The molecule has 0 aliphatic rings. The molecule has 4 nitrogen and oxygen atoms in total. The Morgan fingerprint density at radius 3 is 0.571 bits per heavy atom. The Kier molecular flexibility index (Phi) is 1930. The number of hydrogen-bond donors (Lipinski definition) is 0. The average molecular weight is 332 g/mol. The zero-order valence-electron chi connectivity index (χ0n) is 3.74. The van der Waals surface area contributed by atoms with Gasteiger partial charge in [0.1, 0.15) is 0 Å². The van der Waals surface area contributed by atoms with Crippen molar-refractivity contribution in [2.24, 2.45) is 0 Å². The molecule has 7 heavy (non-hydrogen) atoms. The first-order valence-electron chi connectivity index (χ1n) is 0. The molecule has 0 atom stereocenters. The van der Waals surface area contributed by atoms with Crippen molar-refractivity contribution in [1.82, 2.24) is 0 Å². The van der Waals surface area contributed by atoms with Gasteiger partial charge in [0.2, 0.25) is 0 Å². The molecule has 0 aromatic heterocycles. The van der Waals surface area contributed by atoms with Gasteiger partial charge in [0, 0.05) is 21.7 Å². The second kappa shape index (κ2) is 96.0. The van der Waals surface area contributed by atoms with Crippen LogP contribution in [0, 0.1) is 0 Å². The molecule has 0 spiro atoms. The molecule has 0 unspecified atom stereocenters. The van der Waals surface area contributed by atoms with E-state index in [4.69, 9.17) is 0 Å². The molecule has 0 amide bonds. The summed E-state index contributed by atoms with van der Waals surface area (Å²) in [6.45, 7) is 0. The Labute approximate surface area is 87.8 Å². The minimum Gasteiger partial charge on any atom is -0.870 e. The van der Waals surface area contributed by atoms with Crippen molar-refractivity contribution in [3.8, 4) is 0 Å². The van der Waals surface area contributed by atoms with Gasteiger partial charge < -0.3 is 21.9 Å². The fourth-order valence-corrected chi connectivity index (χ4v) is 0. The molecule has 0 bridgehead atoms. The van der Waals surface area contributed by atoms with Crippen LogP contribution in [0.2, 0.25) is 0 Å². The van der Waals surface area contributed by atoms with Crippen LogP contribution in [0.4, 0.5) is 0 Å². The molecule has 0 fully saturated rings. The van der Waals surface area contributed by atoms with Crippen molar-refractivity contribution in [2.45, 2.75) is 0 Å². The van der Waals surface area contributed by atoms with E-state index in [-0.39, 0.29) is 88.7 Å². The Balaban J connectivity index is 0. The van der Waals surface area contributed by atoms with Crippen LogP contribution in [0.5, 0.6) is 0 Å². The summed E-state index contributed by atoms with van der Waals surface area (Å²) in [5.41, 5.74) is 0. The summed E-state index contributed by atoms with van der Waals surface area (Å²) in [7, 11) is 0. The minimum atomic E-state index is 0. The molecule has 0 aliphatic carbocycles. The normalized spacial score (nSPS) is 0. The third-order valence-corrected chi connectivity index (χ3v) is 0. The van der Waals surface area contributed by atoms with Crippen LogP contribution in [-0.4, -0.2) is 48.1 Å². The maximum Gasteiger partial charge on any atom is 3.00 e. The van der Waals surface area contributed by atoms with E-state index in [1.807, 2.05) is 0 Å². The summed E-state index contributed by atoms with van der Waals surface area (Å²) in [5.74, 6) is 0. The van der Waals surface area contributed by atoms with Gasteiger partial charge in [-0.25, -0.2) is 0 Å². The number of rotatable bonds is 0. The van der Waals surface area contributed by atoms with E-state index < -0.39 is 0 Å². The molecule has 0 aromatic carbocycles. The molecule has 38 valence electrons. The van der Waals surface area contributed by atoms with Crippen LogP contribution in [0.1, 0.15) is 0 Å². The summed E-state index contributed by atoms with van der Waals surface area (Å²) >= 11 is 0. The fourth-order valence-electron chi connectivity index (χ4n) is 0. The van der Waals surface area contributed by atoms with Gasteiger partial charge in [-0.05, 0) is 0 Å². The summed E-state index contributed by atoms with van der Waals surface area (Å²) in [6.07, 6.45) is 0. The molecule has 4 N–H and O–H groups in total. The number of hydrogen-bond acceptors (Lipinski definition) is 4. The minimum absolute atomic E-state index is 0. The topological polar surface area (TPSA) is 120 Å². The van der Waals surface area contributed by atoms with Crippen LogP contribution >= 0.6 is 0 Å². The monoisotopic (exact) mass is 332 g/mol. The van der Waals surface area contributed by atoms with Gasteiger partial charge in [0.05, 0.1) is 0 Å². The molecule has 0 saturated carbocycles. The average Bonchev–Trinajstić information content (AvgIpc) is 0. The SMILES string of the molecule is [Bi+3].[Li+].[OH-].[OH-].[OH-].[OH-].[Ti]. The Morgan fingerprint density at radius 2 is 0.571 bits per heavy atom. The van der Waals surface area contributed by atoms with Crippen molar-refractivity contribution >= 4 is 26.2 Å². The van der Waals surface area contributed by atoms with Crippen LogP contribution in [0.3, 0.4) is 0 Å². The van der Waals surface area contributed by atoms with Crippen molar-refractivity contribution in [2.75, 3.05) is 0 Å². The van der Waals surface area contributed by atoms with E-state index in [1.165, 1.54) is 0 Å². The smallest absolute Gasteiger partial charge is 0.870 e. The van der Waals surface area contributed by atoms with Gasteiger partial charge in [-0.15, -0.1) is 0 Å². The molecule has 0 heterocycles. The standard InChI is InChI=1S/Bi.Li.4H2O.Ti/h;;4*1H2;/q+3;+1;;;;;/p-4. The Morgan fingerprint density at radius 1 is 0.571 bits per heavy atom. The van der Waals surface area contributed by atoms with Gasteiger partial charge in [-0.2, -0.15) is 0 Å². The zero-order valence-corrected chi connectivity index (χ0v) is 8.77. The van der Waals surface area contributed by atoms with E-state index >= 15 is 0 Å². The third kappa shape index (κ3) is 70.7. The molecule has 0 rings (SSSR count). The maximum atomic E-state index is 0. The summed E-state index contributed by atoms with van der Waals surface area (Å²) in [4.78, 5) is 0. The molecule has 0 aliphatic heterocycles. The van der Waals surface area contributed by atoms with Crippen molar-refractivity contribution in [3.63, 3.8) is 0 Å². The quantitative estimate of drug-likeness (QED) is 0.419. The molecule has 0 aromatic rings. The Bertz CT molecular complexity index is 11.7. The fraction of sp³-hybridized carbons (Fsp3) is 0. The van der Waals surface area contributed by atoms with E-state index in [9.17, 15) is 0 Å². The predicted octanol–water partition coefficient (Wildman–Crippen LogP) is -4.09. The molecular weight excluding hydrogens is 328 g/mol. The van der Waals surface area contributed by atoms with Crippen LogP contribution in [-0.2, 0) is 21.7 Å². The maximum absolute atomic E-state index is 0. The first kappa shape index (κ1) is 141. The van der Waals surface area contributed by atoms with Gasteiger partial charge in [-0.3, -0.25) is 0 Å². The molecular formula is H4BiLiO4Ti. The van der Waals surface area contributed by atoms with Crippen molar-refractivity contribution < 1.29 is 62.5 Å². The largest absolute Gasteiger partial charge is 3.00 e. The summed E-state index contributed by atoms with van der Waals surface area (Å²) < 4.78 is 0. The van der Waals surface area contributed by atoms with E-state index in [0.717, 1.165) is 0 Å². The summed E-state index contributed by atoms with van der Waals surface area (Å²) in [5, 5.41) is 0. The second-order valence-electron chi connectivity index (χ2n) is 0. The van der Waals surface area contributed by atoms with Crippen molar-refractivity contribution in [1.29, 1.82) is 0 Å². The van der Waals surface area contributed by atoms with Gasteiger partial charge in [0.25, 0.3) is 0 Å². The zero-order chi connectivity index (χ0) is 0. The van der Waals surface area contributed by atoms with Gasteiger partial charge in [-0.1, -0.05) is 0 Å². The molecule has 7 heteroatoms. The first-order valence-corrected chi connectivity index (χ1v) is 0. The summed E-state index contributed by atoms with van der Waals surface area (Å²) in [6, 6.07) is 0. The third-order valence-electron chi connectivity index (χ3n) is 0. The second-order valence-corrected chi connectivity index (χ2v) is 0. The van der Waals surface area contributed by atoms with Gasteiger partial charge >= 0.3 is 45.1 Å². The first-order chi connectivity index (χ1) is 0. The van der Waals surface area contributed by atoms with Crippen molar-refractivity contribution in [3.05, 3.63) is 0 Å². The van der Waals surface area contributed by atoms with Gasteiger partial charge in [0.15, 0.2) is 0 Å².